The zero-order valence-electron chi connectivity index (χ0n) is 22.9. The van der Waals surface area contributed by atoms with Gasteiger partial charge in [-0.15, -0.1) is 5.10 Å². The highest BCUT2D eigenvalue weighted by atomic mass is 32.1. The minimum absolute atomic E-state index is 0.192. The lowest BCUT2D eigenvalue weighted by Crippen LogP contribution is -2.23. The number of hydrogen-bond donors (Lipinski definition) is 0. The van der Waals surface area contributed by atoms with E-state index in [1.807, 2.05) is 73.8 Å². The van der Waals surface area contributed by atoms with Crippen molar-refractivity contribution in [2.45, 2.75) is 13.3 Å². The molecule has 0 N–H and O–H groups in total. The molecule has 3 aromatic carbocycles. The van der Waals surface area contributed by atoms with E-state index in [1.165, 1.54) is 21.9 Å². The number of para-hydroxylation sites is 1. The number of hydrogen-bond acceptors (Lipinski definition) is 7. The van der Waals surface area contributed by atoms with Crippen LogP contribution in [0.5, 0.6) is 11.5 Å². The lowest BCUT2D eigenvalue weighted by Gasteiger charge is -2.07. The topological polar surface area (TPSA) is 83.5 Å². The van der Waals surface area contributed by atoms with Crippen molar-refractivity contribution in [3.05, 3.63) is 117 Å². The van der Waals surface area contributed by atoms with Gasteiger partial charge in [0, 0.05) is 17.3 Å². The Labute approximate surface area is 244 Å². The van der Waals surface area contributed by atoms with Gasteiger partial charge in [0.2, 0.25) is 4.96 Å². The molecule has 0 unspecified atom stereocenters. The van der Waals surface area contributed by atoms with Gasteiger partial charge in [0.25, 0.3) is 5.56 Å². The van der Waals surface area contributed by atoms with Crippen molar-refractivity contribution in [3.63, 3.8) is 0 Å². The Morgan fingerprint density at radius 3 is 2.52 bits per heavy atom. The molecule has 0 fully saturated rings. The lowest BCUT2D eigenvalue weighted by molar-refractivity contribution is 0.301. The zero-order chi connectivity index (χ0) is 29.1. The minimum atomic E-state index is -0.473. The molecule has 0 saturated heterocycles. The number of benzene rings is 3. The second-order valence-corrected chi connectivity index (χ2v) is 10.4. The van der Waals surface area contributed by atoms with E-state index >= 15 is 0 Å². The van der Waals surface area contributed by atoms with Gasteiger partial charge in [-0.25, -0.2) is 9.07 Å². The molecule has 0 radical (unpaired) electrons. The highest BCUT2D eigenvalue weighted by Gasteiger charge is 2.16. The molecule has 6 aromatic rings. The Kier molecular flexibility index (Phi) is 7.61. The Morgan fingerprint density at radius 2 is 1.81 bits per heavy atom. The van der Waals surface area contributed by atoms with E-state index < -0.39 is 5.82 Å². The van der Waals surface area contributed by atoms with Crippen molar-refractivity contribution in [2.75, 3.05) is 13.7 Å². The summed E-state index contributed by atoms with van der Waals surface area (Å²) < 4.78 is 29.0. The summed E-state index contributed by atoms with van der Waals surface area (Å²) in [5, 5.41) is 9.14. The minimum Gasteiger partial charge on any atom is -0.497 e. The lowest BCUT2D eigenvalue weighted by atomic mass is 10.1. The number of halogens is 1. The Balaban J connectivity index is 1.37. The van der Waals surface area contributed by atoms with Gasteiger partial charge in [-0.3, -0.25) is 4.79 Å². The molecule has 210 valence electrons. The molecule has 3 heterocycles. The number of aromatic nitrogens is 5. The van der Waals surface area contributed by atoms with E-state index in [2.05, 4.69) is 10.1 Å². The highest BCUT2D eigenvalue weighted by Crippen LogP contribution is 2.29. The number of ether oxygens (including phenoxy) is 2. The van der Waals surface area contributed by atoms with Gasteiger partial charge in [-0.05, 0) is 66.6 Å². The molecule has 10 heteroatoms. The van der Waals surface area contributed by atoms with E-state index in [9.17, 15) is 9.18 Å². The average Bonchev–Trinajstić information content (AvgIpc) is 3.70. The number of nitrogens with zero attached hydrogens (tertiary/aromatic N) is 5. The molecule has 0 saturated carbocycles. The van der Waals surface area contributed by atoms with E-state index in [-0.39, 0.29) is 11.3 Å². The van der Waals surface area contributed by atoms with Crippen LogP contribution in [-0.2, 0) is 0 Å². The molecule has 0 bridgehead atoms. The van der Waals surface area contributed by atoms with Gasteiger partial charge in [0.1, 0.15) is 11.4 Å². The van der Waals surface area contributed by atoms with Gasteiger partial charge in [-0.1, -0.05) is 54.7 Å². The Morgan fingerprint density at radius 1 is 1.00 bits per heavy atom. The molecule has 3 aromatic heterocycles. The van der Waals surface area contributed by atoms with Crippen LogP contribution in [0.25, 0.3) is 40.1 Å². The normalized spacial score (nSPS) is 12.0. The predicted molar refractivity (Wildman–Crippen MR) is 163 cm³/mol. The largest absolute Gasteiger partial charge is 0.497 e. The first-order valence-corrected chi connectivity index (χ1v) is 14.2. The van der Waals surface area contributed by atoms with Crippen molar-refractivity contribution in [3.8, 4) is 28.4 Å². The molecule has 0 aliphatic carbocycles. The molecule has 6 rings (SSSR count). The van der Waals surface area contributed by atoms with Crippen LogP contribution in [0.15, 0.2) is 83.8 Å². The summed E-state index contributed by atoms with van der Waals surface area (Å²) >= 11 is 1.23. The number of rotatable bonds is 9. The SMILES string of the molecule is CCCOc1ccc(-c2nn(-c3ccccc3)cc2/C=c2\sc3nc(/C=C/c4ccc(OC)cc4)nn3c2=O)cc1F. The quantitative estimate of drug-likeness (QED) is 0.220. The maximum Gasteiger partial charge on any atom is 0.291 e. The van der Waals surface area contributed by atoms with Crippen LogP contribution in [-0.4, -0.2) is 38.1 Å². The summed E-state index contributed by atoms with van der Waals surface area (Å²) in [7, 11) is 1.62. The van der Waals surface area contributed by atoms with Gasteiger partial charge in [0.15, 0.2) is 17.4 Å². The fourth-order valence-corrected chi connectivity index (χ4v) is 5.26. The smallest absolute Gasteiger partial charge is 0.291 e. The van der Waals surface area contributed by atoms with Gasteiger partial charge < -0.3 is 9.47 Å². The maximum absolute atomic E-state index is 14.9. The van der Waals surface area contributed by atoms with Crippen LogP contribution in [0, 0.1) is 5.82 Å². The first-order valence-electron chi connectivity index (χ1n) is 13.3. The molecular weight excluding hydrogens is 553 g/mol. The summed E-state index contributed by atoms with van der Waals surface area (Å²) in [6.07, 6.45) is 7.98. The molecule has 0 aliphatic heterocycles. The van der Waals surface area contributed by atoms with Crippen molar-refractivity contribution >= 4 is 34.5 Å². The Hall–Kier alpha value is -5.09. The molecule has 42 heavy (non-hydrogen) atoms. The maximum atomic E-state index is 14.9. The van der Waals surface area contributed by atoms with E-state index in [4.69, 9.17) is 14.6 Å². The van der Waals surface area contributed by atoms with Gasteiger partial charge in [0.05, 0.1) is 23.9 Å². The summed E-state index contributed by atoms with van der Waals surface area (Å²) in [4.78, 5) is 18.3. The molecular formula is C32H26FN5O3S. The third kappa shape index (κ3) is 5.57. The van der Waals surface area contributed by atoms with Crippen molar-refractivity contribution in [1.29, 1.82) is 0 Å². The van der Waals surface area contributed by atoms with Crippen molar-refractivity contribution in [2.24, 2.45) is 0 Å². The number of thiazole rings is 1. The molecule has 0 amide bonds. The standard InChI is InChI=1S/C32H26FN5O3S/c1-3-17-41-27-15-12-22(18-26(27)33)30-23(20-37(36-30)24-7-5-4-6-8-24)19-28-31(39)38-32(42-28)34-29(35-38)16-11-21-9-13-25(40-2)14-10-21/h4-16,18-20H,3,17H2,1-2H3/b16-11+,28-19-. The van der Waals surface area contributed by atoms with E-state index in [1.54, 1.807) is 36.1 Å². The van der Waals surface area contributed by atoms with Crippen LogP contribution >= 0.6 is 11.3 Å². The van der Waals surface area contributed by atoms with Crippen LogP contribution in [0.2, 0.25) is 0 Å². The van der Waals surface area contributed by atoms with Gasteiger partial charge in [-0.2, -0.15) is 14.6 Å². The fraction of sp³-hybridized carbons (Fsp3) is 0.125. The third-order valence-electron chi connectivity index (χ3n) is 6.46. The predicted octanol–water partition coefficient (Wildman–Crippen LogP) is 5.66. The summed E-state index contributed by atoms with van der Waals surface area (Å²) in [6.45, 7) is 2.39. The third-order valence-corrected chi connectivity index (χ3v) is 7.41. The van der Waals surface area contributed by atoms with Crippen LogP contribution in [0.3, 0.4) is 0 Å². The van der Waals surface area contributed by atoms with Gasteiger partial charge >= 0.3 is 0 Å². The van der Waals surface area contributed by atoms with Crippen LogP contribution < -0.4 is 19.6 Å². The summed E-state index contributed by atoms with van der Waals surface area (Å²) in [5.74, 6) is 0.921. The van der Waals surface area contributed by atoms with E-state index in [0.717, 1.165) is 23.4 Å². The monoisotopic (exact) mass is 579 g/mol. The van der Waals surface area contributed by atoms with Crippen LogP contribution in [0.4, 0.5) is 4.39 Å². The fourth-order valence-electron chi connectivity index (χ4n) is 4.35. The second kappa shape index (κ2) is 11.8. The van der Waals surface area contributed by atoms with Crippen molar-refractivity contribution < 1.29 is 13.9 Å². The van der Waals surface area contributed by atoms with E-state index in [0.29, 0.717) is 38.7 Å². The summed E-state index contributed by atoms with van der Waals surface area (Å²) in [5.41, 5.74) is 3.24. The van der Waals surface area contributed by atoms with Crippen molar-refractivity contribution in [1.82, 2.24) is 24.4 Å². The second-order valence-electron chi connectivity index (χ2n) is 9.39. The average molecular weight is 580 g/mol. The molecule has 0 spiro atoms. The summed E-state index contributed by atoms with van der Waals surface area (Å²) in [6, 6.07) is 22.0. The highest BCUT2D eigenvalue weighted by molar-refractivity contribution is 7.15. The molecule has 0 aliphatic rings. The number of fused-ring (bicyclic) bond motifs is 1. The van der Waals surface area contributed by atoms with Crippen LogP contribution in [0.1, 0.15) is 30.3 Å². The number of methoxy groups -OCH3 is 1. The molecule has 0 atom stereocenters. The first-order chi connectivity index (χ1) is 20.5. The Bertz CT molecular complexity index is 2000. The first kappa shape index (κ1) is 27.1. The molecule has 8 nitrogen and oxygen atoms in total. The zero-order valence-corrected chi connectivity index (χ0v) is 23.7.